The van der Waals surface area contributed by atoms with Crippen molar-refractivity contribution < 1.29 is 14.3 Å². The van der Waals surface area contributed by atoms with Crippen molar-refractivity contribution in [2.75, 3.05) is 6.61 Å². The molecule has 2 atom stereocenters. The fourth-order valence-corrected chi connectivity index (χ4v) is 0.821. The lowest BCUT2D eigenvalue weighted by molar-refractivity contribution is 0.106. The Hall–Kier alpha value is -0.770. The van der Waals surface area contributed by atoms with E-state index in [1.807, 2.05) is 0 Å². The number of amides is 1. The van der Waals surface area contributed by atoms with E-state index in [0.717, 1.165) is 13.0 Å². The highest BCUT2D eigenvalue weighted by atomic mass is 16.6. The fraction of sp³-hybridized carbons (Fsp3) is 0.833. The second-order valence-electron chi connectivity index (χ2n) is 2.44. The Morgan fingerprint density at radius 1 is 2.00 bits per heavy atom. The van der Waals surface area contributed by atoms with Crippen molar-refractivity contribution in [3.63, 3.8) is 0 Å². The van der Waals surface area contributed by atoms with Gasteiger partial charge in [-0.25, -0.2) is 4.79 Å². The predicted octanol–water partition coefficient (Wildman–Crippen LogP) is 0.259. The largest absolute Gasteiger partial charge is 0.447 e. The number of carbonyl (C=O) groups is 1. The molecule has 1 amide bonds. The predicted molar refractivity (Wildman–Crippen MR) is 34.5 cm³/mol. The van der Waals surface area contributed by atoms with Gasteiger partial charge in [0.2, 0.25) is 0 Å². The molecule has 0 aromatic heterocycles. The van der Waals surface area contributed by atoms with Crippen molar-refractivity contribution in [3.8, 4) is 0 Å². The van der Waals surface area contributed by atoms with Crippen LogP contribution in [-0.2, 0) is 9.47 Å². The van der Waals surface area contributed by atoms with Crippen LogP contribution in [0.4, 0.5) is 4.79 Å². The van der Waals surface area contributed by atoms with Crippen LogP contribution >= 0.6 is 0 Å². The molecular weight excluding hydrogens is 134 g/mol. The number of carbonyl (C=O) groups excluding carboxylic acids is 1. The molecule has 0 saturated carbocycles. The van der Waals surface area contributed by atoms with Crippen molar-refractivity contribution in [2.45, 2.75) is 25.6 Å². The highest BCUT2D eigenvalue weighted by molar-refractivity contribution is 5.64. The van der Waals surface area contributed by atoms with Gasteiger partial charge in [0, 0.05) is 6.42 Å². The number of nitrogens with two attached hydrogens (primary N) is 1. The molecule has 0 radical (unpaired) electrons. The molecule has 4 nitrogen and oxygen atoms in total. The first-order chi connectivity index (χ1) is 4.68. The van der Waals surface area contributed by atoms with E-state index in [9.17, 15) is 4.79 Å². The summed E-state index contributed by atoms with van der Waals surface area (Å²) >= 11 is 0. The second-order valence-corrected chi connectivity index (χ2v) is 2.44. The molecule has 1 fully saturated rings. The van der Waals surface area contributed by atoms with E-state index < -0.39 is 6.09 Å². The minimum absolute atomic E-state index is 0.120. The molecule has 0 aromatic rings. The Labute approximate surface area is 59.3 Å². The van der Waals surface area contributed by atoms with Crippen LogP contribution in [0.5, 0.6) is 0 Å². The van der Waals surface area contributed by atoms with Gasteiger partial charge in [0.25, 0.3) is 0 Å². The van der Waals surface area contributed by atoms with E-state index in [2.05, 4.69) is 4.74 Å². The third kappa shape index (κ3) is 2.68. The molecule has 1 aliphatic heterocycles. The topological polar surface area (TPSA) is 64.8 Å². The van der Waals surface area contributed by atoms with E-state index in [1.165, 1.54) is 0 Å². The number of rotatable bonds is 3. The van der Waals surface area contributed by atoms with Gasteiger partial charge in [0.05, 0.1) is 12.7 Å². The SMILES string of the molecule is CC(CC1CO1)OC(N)=O. The smallest absolute Gasteiger partial charge is 0.404 e. The minimum atomic E-state index is -0.715. The summed E-state index contributed by atoms with van der Waals surface area (Å²) in [4.78, 5) is 10.2. The summed E-state index contributed by atoms with van der Waals surface area (Å²) in [6.45, 7) is 2.58. The quantitative estimate of drug-likeness (QED) is 0.579. The average molecular weight is 145 g/mol. The fourth-order valence-electron chi connectivity index (χ4n) is 0.821. The molecule has 2 N–H and O–H groups in total. The molecular formula is C6H11NO3. The molecule has 0 aromatic carbocycles. The van der Waals surface area contributed by atoms with Gasteiger partial charge in [-0.2, -0.15) is 0 Å². The zero-order valence-corrected chi connectivity index (χ0v) is 5.87. The molecule has 58 valence electrons. The maximum atomic E-state index is 10.2. The van der Waals surface area contributed by atoms with Crippen LogP contribution in [0.15, 0.2) is 0 Å². The number of hydrogen-bond acceptors (Lipinski definition) is 3. The van der Waals surface area contributed by atoms with Crippen molar-refractivity contribution in [1.29, 1.82) is 0 Å². The van der Waals surface area contributed by atoms with Crippen LogP contribution < -0.4 is 5.73 Å². The Bertz CT molecular complexity index is 133. The minimum Gasteiger partial charge on any atom is -0.447 e. The lowest BCUT2D eigenvalue weighted by atomic mass is 10.2. The Balaban J connectivity index is 2.07. The molecule has 10 heavy (non-hydrogen) atoms. The molecule has 0 bridgehead atoms. The van der Waals surface area contributed by atoms with Gasteiger partial charge in [-0.1, -0.05) is 0 Å². The van der Waals surface area contributed by atoms with E-state index >= 15 is 0 Å². The van der Waals surface area contributed by atoms with Crippen molar-refractivity contribution >= 4 is 6.09 Å². The molecule has 1 saturated heterocycles. The van der Waals surface area contributed by atoms with Gasteiger partial charge in [0.15, 0.2) is 0 Å². The van der Waals surface area contributed by atoms with Gasteiger partial charge >= 0.3 is 6.09 Å². The summed E-state index contributed by atoms with van der Waals surface area (Å²) in [6.07, 6.45) is 0.204. The summed E-state index contributed by atoms with van der Waals surface area (Å²) < 4.78 is 9.59. The monoisotopic (exact) mass is 145 g/mol. The Morgan fingerprint density at radius 3 is 3.00 bits per heavy atom. The molecule has 0 spiro atoms. The third-order valence-electron chi connectivity index (χ3n) is 1.31. The van der Waals surface area contributed by atoms with E-state index in [-0.39, 0.29) is 12.2 Å². The summed E-state index contributed by atoms with van der Waals surface area (Å²) in [5, 5.41) is 0. The first kappa shape index (κ1) is 7.34. The average Bonchev–Trinajstić information content (AvgIpc) is 2.46. The van der Waals surface area contributed by atoms with Crippen LogP contribution in [0.25, 0.3) is 0 Å². The zero-order chi connectivity index (χ0) is 7.56. The van der Waals surface area contributed by atoms with Crippen LogP contribution in [0.3, 0.4) is 0 Å². The number of epoxide rings is 1. The Morgan fingerprint density at radius 2 is 2.60 bits per heavy atom. The van der Waals surface area contributed by atoms with Crippen LogP contribution in [-0.4, -0.2) is 24.9 Å². The summed E-state index contributed by atoms with van der Waals surface area (Å²) in [5.74, 6) is 0. The first-order valence-corrected chi connectivity index (χ1v) is 3.26. The standard InChI is InChI=1S/C6H11NO3/c1-4(10-6(7)8)2-5-3-9-5/h4-5H,2-3H2,1H3,(H2,7,8). The van der Waals surface area contributed by atoms with Crippen molar-refractivity contribution in [1.82, 2.24) is 0 Å². The highest BCUT2D eigenvalue weighted by Crippen LogP contribution is 2.16. The van der Waals surface area contributed by atoms with Gasteiger partial charge in [0.1, 0.15) is 6.10 Å². The first-order valence-electron chi connectivity index (χ1n) is 3.26. The summed E-state index contributed by atoms with van der Waals surface area (Å²) in [5.41, 5.74) is 4.79. The zero-order valence-electron chi connectivity index (χ0n) is 5.87. The van der Waals surface area contributed by atoms with E-state index in [0.29, 0.717) is 0 Å². The number of ether oxygens (including phenoxy) is 2. The summed E-state index contributed by atoms with van der Waals surface area (Å²) in [7, 11) is 0. The summed E-state index contributed by atoms with van der Waals surface area (Å²) in [6, 6.07) is 0. The molecule has 1 heterocycles. The van der Waals surface area contributed by atoms with Gasteiger partial charge in [-0.15, -0.1) is 0 Å². The molecule has 1 rings (SSSR count). The third-order valence-corrected chi connectivity index (χ3v) is 1.31. The van der Waals surface area contributed by atoms with Gasteiger partial charge in [-0.05, 0) is 6.92 Å². The number of primary amides is 1. The maximum Gasteiger partial charge on any atom is 0.404 e. The molecule has 2 unspecified atom stereocenters. The second kappa shape index (κ2) is 2.88. The van der Waals surface area contributed by atoms with Crippen molar-refractivity contribution in [3.05, 3.63) is 0 Å². The van der Waals surface area contributed by atoms with Crippen LogP contribution in [0.2, 0.25) is 0 Å². The van der Waals surface area contributed by atoms with Crippen LogP contribution in [0.1, 0.15) is 13.3 Å². The van der Waals surface area contributed by atoms with E-state index in [4.69, 9.17) is 10.5 Å². The Kier molecular flexibility index (Phi) is 2.11. The van der Waals surface area contributed by atoms with E-state index in [1.54, 1.807) is 6.92 Å². The molecule has 0 aliphatic carbocycles. The highest BCUT2D eigenvalue weighted by Gasteiger charge is 2.25. The molecule has 4 heteroatoms. The molecule has 1 aliphatic rings. The van der Waals surface area contributed by atoms with Gasteiger partial charge < -0.3 is 15.2 Å². The van der Waals surface area contributed by atoms with Gasteiger partial charge in [-0.3, -0.25) is 0 Å². The van der Waals surface area contributed by atoms with Crippen molar-refractivity contribution in [2.24, 2.45) is 5.73 Å². The number of hydrogen-bond donors (Lipinski definition) is 1. The lowest BCUT2D eigenvalue weighted by Gasteiger charge is -2.08. The maximum absolute atomic E-state index is 10.2. The lowest BCUT2D eigenvalue weighted by Crippen LogP contribution is -2.21. The van der Waals surface area contributed by atoms with Crippen LogP contribution in [0, 0.1) is 0 Å². The normalized spacial score (nSPS) is 25.5.